The van der Waals surface area contributed by atoms with Crippen molar-refractivity contribution in [3.8, 4) is 11.1 Å². The van der Waals surface area contributed by atoms with Gasteiger partial charge in [0.2, 0.25) is 0 Å². The van der Waals surface area contributed by atoms with Crippen molar-refractivity contribution in [3.05, 3.63) is 47.7 Å². The van der Waals surface area contributed by atoms with Crippen molar-refractivity contribution in [1.82, 2.24) is 4.98 Å². The maximum absolute atomic E-state index is 5.56. The molecule has 3 heterocycles. The van der Waals surface area contributed by atoms with E-state index in [2.05, 4.69) is 35.3 Å². The molecule has 0 amide bonds. The molecule has 0 bridgehead atoms. The van der Waals surface area contributed by atoms with Gasteiger partial charge in [-0.05, 0) is 42.0 Å². The molecular weight excluding hydrogens is 306 g/mol. The number of fused-ring (bicyclic) bond motifs is 1. The molecule has 4 heteroatoms. The first-order valence-electron chi connectivity index (χ1n) is 8.29. The molecule has 23 heavy (non-hydrogen) atoms. The molecule has 2 aliphatic heterocycles. The van der Waals surface area contributed by atoms with E-state index in [0.29, 0.717) is 5.25 Å². The summed E-state index contributed by atoms with van der Waals surface area (Å²) in [4.78, 5) is 4.69. The topological polar surface area (TPSA) is 31.4 Å². The first-order valence-corrected chi connectivity index (χ1v) is 9.17. The SMILES string of the molecule is c1cc2c(c(-c3ccc(SC4CCOCC4)nc3)c1)CCOC2. The summed E-state index contributed by atoms with van der Waals surface area (Å²) in [6, 6.07) is 10.9. The molecule has 0 N–H and O–H groups in total. The standard InChI is InChI=1S/C19H21NO2S/c1-2-15-13-22-11-8-18(15)17(3-1)14-4-5-19(20-12-14)23-16-6-9-21-10-7-16/h1-5,12,16H,6-11,13H2. The van der Waals surface area contributed by atoms with Crippen molar-refractivity contribution < 1.29 is 9.47 Å². The molecule has 1 saturated heterocycles. The summed E-state index contributed by atoms with van der Waals surface area (Å²) < 4.78 is 11.0. The Kier molecular flexibility index (Phi) is 4.64. The number of hydrogen-bond donors (Lipinski definition) is 0. The molecule has 0 unspecified atom stereocenters. The maximum atomic E-state index is 5.56. The Hall–Kier alpha value is -1.36. The second-order valence-corrected chi connectivity index (χ2v) is 7.38. The minimum atomic E-state index is 0.642. The predicted octanol–water partition coefficient (Wildman–Crippen LogP) is 4.09. The van der Waals surface area contributed by atoms with E-state index in [1.165, 1.54) is 22.3 Å². The summed E-state index contributed by atoms with van der Waals surface area (Å²) in [5.41, 5.74) is 5.25. The Morgan fingerprint density at radius 3 is 2.74 bits per heavy atom. The summed E-state index contributed by atoms with van der Waals surface area (Å²) in [5, 5.41) is 1.76. The number of pyridine rings is 1. The molecule has 0 atom stereocenters. The number of benzene rings is 1. The highest BCUT2D eigenvalue weighted by Gasteiger charge is 2.17. The number of thioether (sulfide) groups is 1. The fraction of sp³-hybridized carbons (Fsp3) is 0.421. The van der Waals surface area contributed by atoms with Crippen LogP contribution in [0.3, 0.4) is 0 Å². The quantitative estimate of drug-likeness (QED) is 0.849. The highest BCUT2D eigenvalue weighted by Crippen LogP contribution is 2.32. The highest BCUT2D eigenvalue weighted by molar-refractivity contribution is 7.99. The molecule has 1 fully saturated rings. The molecule has 120 valence electrons. The Bertz CT molecular complexity index is 666. The largest absolute Gasteiger partial charge is 0.381 e. The average molecular weight is 327 g/mol. The van der Waals surface area contributed by atoms with Crippen molar-refractivity contribution in [2.24, 2.45) is 0 Å². The molecule has 1 aromatic carbocycles. The Balaban J connectivity index is 1.54. The molecule has 3 nitrogen and oxygen atoms in total. The maximum Gasteiger partial charge on any atom is 0.0963 e. The lowest BCUT2D eigenvalue weighted by atomic mass is 9.93. The smallest absolute Gasteiger partial charge is 0.0963 e. The van der Waals surface area contributed by atoms with Crippen LogP contribution in [0.4, 0.5) is 0 Å². The van der Waals surface area contributed by atoms with Crippen LogP contribution in [-0.2, 0) is 22.5 Å². The second-order valence-electron chi connectivity index (χ2n) is 6.06. The predicted molar refractivity (Wildman–Crippen MR) is 92.7 cm³/mol. The van der Waals surface area contributed by atoms with Crippen molar-refractivity contribution in [3.63, 3.8) is 0 Å². The normalized spacial score (nSPS) is 18.6. The van der Waals surface area contributed by atoms with Gasteiger partial charge in [0.1, 0.15) is 0 Å². The van der Waals surface area contributed by atoms with Crippen LogP contribution in [0.25, 0.3) is 11.1 Å². The van der Waals surface area contributed by atoms with Gasteiger partial charge in [-0.15, -0.1) is 11.8 Å². The molecule has 2 aliphatic rings. The van der Waals surface area contributed by atoms with Gasteiger partial charge >= 0.3 is 0 Å². The third kappa shape index (κ3) is 3.44. The van der Waals surface area contributed by atoms with E-state index in [-0.39, 0.29) is 0 Å². The zero-order valence-electron chi connectivity index (χ0n) is 13.2. The highest BCUT2D eigenvalue weighted by atomic mass is 32.2. The lowest BCUT2D eigenvalue weighted by Gasteiger charge is -2.21. The monoisotopic (exact) mass is 327 g/mol. The first kappa shape index (κ1) is 15.2. The van der Waals surface area contributed by atoms with Crippen molar-refractivity contribution in [2.45, 2.75) is 36.1 Å². The van der Waals surface area contributed by atoms with Crippen LogP contribution >= 0.6 is 11.8 Å². The number of rotatable bonds is 3. The molecule has 2 aromatic rings. The van der Waals surface area contributed by atoms with Gasteiger partial charge in [0, 0.05) is 30.2 Å². The second kappa shape index (κ2) is 7.04. The summed E-state index contributed by atoms with van der Waals surface area (Å²) >= 11 is 1.89. The number of aromatic nitrogens is 1. The van der Waals surface area contributed by atoms with Crippen LogP contribution in [0, 0.1) is 0 Å². The first-order chi connectivity index (χ1) is 11.4. The molecular formula is C19H21NO2S. The molecule has 0 aliphatic carbocycles. The van der Waals surface area contributed by atoms with E-state index in [1.54, 1.807) is 0 Å². The summed E-state index contributed by atoms with van der Waals surface area (Å²) in [7, 11) is 0. The zero-order chi connectivity index (χ0) is 15.5. The van der Waals surface area contributed by atoms with E-state index >= 15 is 0 Å². The van der Waals surface area contributed by atoms with Crippen LogP contribution in [-0.4, -0.2) is 30.1 Å². The van der Waals surface area contributed by atoms with Gasteiger partial charge in [-0.25, -0.2) is 4.98 Å². The Morgan fingerprint density at radius 2 is 1.91 bits per heavy atom. The minimum absolute atomic E-state index is 0.642. The van der Waals surface area contributed by atoms with E-state index in [0.717, 1.165) is 50.7 Å². The Morgan fingerprint density at radius 1 is 1.00 bits per heavy atom. The number of hydrogen-bond acceptors (Lipinski definition) is 4. The van der Waals surface area contributed by atoms with Gasteiger partial charge < -0.3 is 9.47 Å². The minimum Gasteiger partial charge on any atom is -0.381 e. The van der Waals surface area contributed by atoms with Crippen LogP contribution in [0.1, 0.15) is 24.0 Å². The zero-order valence-corrected chi connectivity index (χ0v) is 14.0. The molecule has 0 spiro atoms. The molecule has 0 saturated carbocycles. The van der Waals surface area contributed by atoms with Gasteiger partial charge in [-0.1, -0.05) is 24.3 Å². The van der Waals surface area contributed by atoms with E-state index in [4.69, 9.17) is 9.47 Å². The number of ether oxygens (including phenoxy) is 2. The van der Waals surface area contributed by atoms with Crippen LogP contribution in [0.15, 0.2) is 41.6 Å². The lowest BCUT2D eigenvalue weighted by Crippen LogP contribution is -2.17. The van der Waals surface area contributed by atoms with Crippen LogP contribution in [0.5, 0.6) is 0 Å². The fourth-order valence-electron chi connectivity index (χ4n) is 3.27. The van der Waals surface area contributed by atoms with Gasteiger partial charge in [0.15, 0.2) is 0 Å². The van der Waals surface area contributed by atoms with E-state index in [1.807, 2.05) is 18.0 Å². The fourth-order valence-corrected chi connectivity index (χ4v) is 4.30. The van der Waals surface area contributed by atoms with Crippen LogP contribution in [0.2, 0.25) is 0 Å². The Labute approximate surface area is 141 Å². The molecule has 4 rings (SSSR count). The van der Waals surface area contributed by atoms with Gasteiger partial charge in [0.05, 0.1) is 18.2 Å². The van der Waals surface area contributed by atoms with E-state index in [9.17, 15) is 0 Å². The summed E-state index contributed by atoms with van der Waals surface area (Å²) in [6.07, 6.45) is 5.26. The third-order valence-corrected chi connectivity index (χ3v) is 5.82. The van der Waals surface area contributed by atoms with Crippen molar-refractivity contribution in [2.75, 3.05) is 19.8 Å². The van der Waals surface area contributed by atoms with Gasteiger partial charge in [-0.3, -0.25) is 0 Å². The van der Waals surface area contributed by atoms with Gasteiger partial charge in [0.25, 0.3) is 0 Å². The third-order valence-electron chi connectivity index (χ3n) is 4.53. The number of nitrogens with zero attached hydrogens (tertiary/aromatic N) is 1. The average Bonchev–Trinajstić information content (AvgIpc) is 2.63. The molecule has 1 aromatic heterocycles. The van der Waals surface area contributed by atoms with E-state index < -0.39 is 0 Å². The van der Waals surface area contributed by atoms with Crippen molar-refractivity contribution in [1.29, 1.82) is 0 Å². The lowest BCUT2D eigenvalue weighted by molar-refractivity contribution is 0.1000. The van der Waals surface area contributed by atoms with Crippen molar-refractivity contribution >= 4 is 11.8 Å². The van der Waals surface area contributed by atoms with Crippen LogP contribution < -0.4 is 0 Å². The summed E-state index contributed by atoms with van der Waals surface area (Å²) in [5.74, 6) is 0. The van der Waals surface area contributed by atoms with Gasteiger partial charge in [-0.2, -0.15) is 0 Å². The summed E-state index contributed by atoms with van der Waals surface area (Å²) in [6.45, 7) is 3.31. The molecule has 0 radical (unpaired) electrons.